The van der Waals surface area contributed by atoms with Crippen molar-refractivity contribution in [2.24, 2.45) is 0 Å². The molecule has 0 aliphatic carbocycles. The third-order valence-electron chi connectivity index (χ3n) is 2.67. The quantitative estimate of drug-likeness (QED) is 0.742. The van der Waals surface area contributed by atoms with E-state index >= 15 is 0 Å². The van der Waals surface area contributed by atoms with Crippen LogP contribution < -0.4 is 10.5 Å². The summed E-state index contributed by atoms with van der Waals surface area (Å²) < 4.78 is 26.6. The lowest BCUT2D eigenvalue weighted by Crippen LogP contribution is -2.32. The van der Waals surface area contributed by atoms with Crippen molar-refractivity contribution in [2.45, 2.75) is 50.5 Å². The van der Waals surface area contributed by atoms with Crippen LogP contribution in [0.3, 0.4) is 0 Å². The van der Waals surface area contributed by atoms with Crippen LogP contribution in [0.25, 0.3) is 0 Å². The van der Waals surface area contributed by atoms with Crippen molar-refractivity contribution in [3.8, 4) is 0 Å². The van der Waals surface area contributed by atoms with Crippen molar-refractivity contribution >= 4 is 15.8 Å². The molecule has 1 heterocycles. The molecule has 18 heavy (non-hydrogen) atoms. The van der Waals surface area contributed by atoms with Gasteiger partial charge < -0.3 is 5.73 Å². The summed E-state index contributed by atoms with van der Waals surface area (Å²) in [5.74, 6) is 0.310. The van der Waals surface area contributed by atoms with Gasteiger partial charge in [0, 0.05) is 12.2 Å². The van der Waals surface area contributed by atoms with Gasteiger partial charge in [0.2, 0.25) is 10.0 Å². The van der Waals surface area contributed by atoms with Gasteiger partial charge in [0.15, 0.2) is 0 Å². The van der Waals surface area contributed by atoms with Crippen LogP contribution in [-0.2, 0) is 10.0 Å². The van der Waals surface area contributed by atoms with E-state index in [1.807, 2.05) is 6.92 Å². The predicted octanol–water partition coefficient (Wildman–Crippen LogP) is 1.91. The molecule has 1 rings (SSSR count). The fraction of sp³-hybridized carbons (Fsp3) is 0.583. The number of nitrogen functional groups attached to an aromatic ring is 1. The molecular formula is C12H21N3O2S. The molecule has 1 aromatic rings. The fourth-order valence-electron chi connectivity index (χ4n) is 1.64. The highest BCUT2D eigenvalue weighted by molar-refractivity contribution is 7.89. The van der Waals surface area contributed by atoms with Gasteiger partial charge in [0.25, 0.3) is 0 Å². The summed E-state index contributed by atoms with van der Waals surface area (Å²) in [7, 11) is -3.48. The SMILES string of the molecule is CCCCCC(C)NS(=O)(=O)c1ccc(N)nc1. The second-order valence-corrected chi connectivity index (χ2v) is 6.15. The third kappa shape index (κ3) is 4.62. The first-order valence-corrected chi connectivity index (χ1v) is 7.68. The van der Waals surface area contributed by atoms with Crippen LogP contribution in [-0.4, -0.2) is 19.4 Å². The summed E-state index contributed by atoms with van der Waals surface area (Å²) in [5.41, 5.74) is 5.43. The van der Waals surface area contributed by atoms with Gasteiger partial charge in [-0.1, -0.05) is 26.2 Å². The van der Waals surface area contributed by atoms with Crippen molar-refractivity contribution < 1.29 is 8.42 Å². The maximum Gasteiger partial charge on any atom is 0.242 e. The fourth-order valence-corrected chi connectivity index (χ4v) is 2.87. The molecule has 5 nitrogen and oxygen atoms in total. The molecule has 1 unspecified atom stereocenters. The molecule has 0 aromatic carbocycles. The second-order valence-electron chi connectivity index (χ2n) is 4.44. The van der Waals surface area contributed by atoms with E-state index < -0.39 is 10.0 Å². The van der Waals surface area contributed by atoms with Crippen molar-refractivity contribution in [3.05, 3.63) is 18.3 Å². The minimum Gasteiger partial charge on any atom is -0.384 e. The molecule has 102 valence electrons. The van der Waals surface area contributed by atoms with Gasteiger partial charge >= 0.3 is 0 Å². The highest BCUT2D eigenvalue weighted by atomic mass is 32.2. The zero-order valence-corrected chi connectivity index (χ0v) is 11.7. The molecule has 0 bridgehead atoms. The molecule has 0 radical (unpaired) electrons. The Bertz CT molecular complexity index is 457. The molecule has 3 N–H and O–H groups in total. The van der Waals surface area contributed by atoms with E-state index in [1.54, 1.807) is 0 Å². The number of sulfonamides is 1. The summed E-state index contributed by atoms with van der Waals surface area (Å²) in [4.78, 5) is 3.94. The van der Waals surface area contributed by atoms with Crippen LogP contribution in [0, 0.1) is 0 Å². The van der Waals surface area contributed by atoms with E-state index in [9.17, 15) is 8.42 Å². The maximum atomic E-state index is 12.0. The molecule has 0 fully saturated rings. The van der Waals surface area contributed by atoms with Crippen LogP contribution >= 0.6 is 0 Å². The molecule has 0 aliphatic heterocycles. The van der Waals surface area contributed by atoms with Crippen LogP contribution in [0.5, 0.6) is 0 Å². The van der Waals surface area contributed by atoms with Crippen LogP contribution in [0.15, 0.2) is 23.2 Å². The molecule has 1 aromatic heterocycles. The monoisotopic (exact) mass is 271 g/mol. The Morgan fingerprint density at radius 3 is 2.67 bits per heavy atom. The standard InChI is InChI=1S/C12H21N3O2S/c1-3-4-5-6-10(2)15-18(16,17)11-7-8-12(13)14-9-11/h7-10,15H,3-6H2,1-2H3,(H2,13,14). The number of nitrogens with one attached hydrogen (secondary N) is 1. The van der Waals surface area contributed by atoms with Gasteiger partial charge in [0.1, 0.15) is 10.7 Å². The number of hydrogen-bond acceptors (Lipinski definition) is 4. The third-order valence-corrected chi connectivity index (χ3v) is 4.24. The Hall–Kier alpha value is -1.14. The molecule has 0 aliphatic rings. The number of aromatic nitrogens is 1. The van der Waals surface area contributed by atoms with Crippen LogP contribution in [0.2, 0.25) is 0 Å². The predicted molar refractivity (Wildman–Crippen MR) is 72.6 cm³/mol. The minimum atomic E-state index is -3.48. The summed E-state index contributed by atoms with van der Waals surface area (Å²) in [6, 6.07) is 2.87. The highest BCUT2D eigenvalue weighted by Gasteiger charge is 2.17. The topological polar surface area (TPSA) is 85.1 Å². The molecule has 0 saturated carbocycles. The number of hydrogen-bond donors (Lipinski definition) is 2. The van der Waals surface area contributed by atoms with Gasteiger partial charge in [-0.3, -0.25) is 0 Å². The number of unbranched alkanes of at least 4 members (excludes halogenated alkanes) is 2. The average molecular weight is 271 g/mol. The van der Waals surface area contributed by atoms with Gasteiger partial charge in [-0.25, -0.2) is 18.1 Å². The molecule has 0 spiro atoms. The van der Waals surface area contributed by atoms with Gasteiger partial charge in [0.05, 0.1) is 0 Å². The summed E-state index contributed by atoms with van der Waals surface area (Å²) in [5, 5.41) is 0. The summed E-state index contributed by atoms with van der Waals surface area (Å²) in [6.45, 7) is 3.99. The van der Waals surface area contributed by atoms with E-state index in [1.165, 1.54) is 18.3 Å². The highest BCUT2D eigenvalue weighted by Crippen LogP contribution is 2.11. The Balaban J connectivity index is 2.61. The van der Waals surface area contributed by atoms with Crippen molar-refractivity contribution in [1.29, 1.82) is 0 Å². The van der Waals surface area contributed by atoms with Gasteiger partial charge in [-0.2, -0.15) is 0 Å². The molecular weight excluding hydrogens is 250 g/mol. The number of nitrogens with two attached hydrogens (primary N) is 1. The lowest BCUT2D eigenvalue weighted by Gasteiger charge is -2.13. The van der Waals surface area contributed by atoms with Crippen molar-refractivity contribution in [3.63, 3.8) is 0 Å². The van der Waals surface area contributed by atoms with Crippen molar-refractivity contribution in [2.75, 3.05) is 5.73 Å². The Labute approximate surface area is 109 Å². The largest absolute Gasteiger partial charge is 0.384 e. The smallest absolute Gasteiger partial charge is 0.242 e. The lowest BCUT2D eigenvalue weighted by molar-refractivity contribution is 0.527. The van der Waals surface area contributed by atoms with Crippen molar-refractivity contribution in [1.82, 2.24) is 9.71 Å². The van der Waals surface area contributed by atoms with Crippen LogP contribution in [0.4, 0.5) is 5.82 Å². The Morgan fingerprint density at radius 1 is 1.39 bits per heavy atom. The lowest BCUT2D eigenvalue weighted by atomic mass is 10.1. The zero-order valence-electron chi connectivity index (χ0n) is 10.9. The first kappa shape index (κ1) is 14.9. The summed E-state index contributed by atoms with van der Waals surface area (Å²) >= 11 is 0. The molecule has 0 saturated heterocycles. The molecule has 6 heteroatoms. The average Bonchev–Trinajstić information content (AvgIpc) is 2.29. The number of anilines is 1. The summed E-state index contributed by atoms with van der Waals surface area (Å²) in [6.07, 6.45) is 5.39. The molecule has 1 atom stereocenters. The first-order valence-electron chi connectivity index (χ1n) is 6.19. The van der Waals surface area contributed by atoms with E-state index in [0.717, 1.165) is 25.7 Å². The number of pyridine rings is 1. The number of rotatable bonds is 7. The second kappa shape index (κ2) is 6.70. The van der Waals surface area contributed by atoms with E-state index in [2.05, 4.69) is 16.6 Å². The van der Waals surface area contributed by atoms with Gasteiger partial charge in [-0.15, -0.1) is 0 Å². The van der Waals surface area contributed by atoms with E-state index in [4.69, 9.17) is 5.73 Å². The maximum absolute atomic E-state index is 12.0. The number of nitrogens with zero attached hydrogens (tertiary/aromatic N) is 1. The zero-order chi connectivity index (χ0) is 13.6. The molecule has 0 amide bonds. The van der Waals surface area contributed by atoms with E-state index in [-0.39, 0.29) is 10.9 Å². The van der Waals surface area contributed by atoms with Gasteiger partial charge in [-0.05, 0) is 25.5 Å². The normalized spacial score (nSPS) is 13.4. The minimum absolute atomic E-state index is 0.0703. The Morgan fingerprint density at radius 2 is 2.11 bits per heavy atom. The Kier molecular flexibility index (Phi) is 5.55. The first-order chi connectivity index (χ1) is 8.45. The van der Waals surface area contributed by atoms with E-state index in [0.29, 0.717) is 5.82 Å². The van der Waals surface area contributed by atoms with Crippen LogP contribution in [0.1, 0.15) is 39.5 Å².